The van der Waals surface area contributed by atoms with Crippen molar-refractivity contribution in [2.24, 2.45) is 0 Å². The zero-order valence-corrected chi connectivity index (χ0v) is 8.86. The Labute approximate surface area is 89.3 Å². The predicted molar refractivity (Wildman–Crippen MR) is 56.2 cm³/mol. The molecule has 0 spiro atoms. The van der Waals surface area contributed by atoms with E-state index in [-0.39, 0.29) is 11.9 Å². The van der Waals surface area contributed by atoms with E-state index in [2.05, 4.69) is 0 Å². The molecule has 0 aromatic heterocycles. The van der Waals surface area contributed by atoms with Crippen molar-refractivity contribution in [2.45, 2.75) is 19.8 Å². The first-order valence-electron chi connectivity index (χ1n) is 4.85. The van der Waals surface area contributed by atoms with Gasteiger partial charge in [0.15, 0.2) is 0 Å². The standard InChI is InChI=1S/C12H13NO2/c1-3-15-12(14)9(2)11-6-4-5-10(7-11)8-13/h4-7,9H,3H2,1-2H3/t9-/m0/s1. The van der Waals surface area contributed by atoms with Gasteiger partial charge in [0.25, 0.3) is 0 Å². The maximum Gasteiger partial charge on any atom is 0.313 e. The molecular weight excluding hydrogens is 190 g/mol. The van der Waals surface area contributed by atoms with Gasteiger partial charge in [-0.05, 0) is 31.5 Å². The van der Waals surface area contributed by atoms with Gasteiger partial charge in [0.05, 0.1) is 24.2 Å². The van der Waals surface area contributed by atoms with Gasteiger partial charge in [-0.25, -0.2) is 0 Å². The lowest BCUT2D eigenvalue weighted by molar-refractivity contribution is -0.144. The van der Waals surface area contributed by atoms with Crippen LogP contribution in [-0.2, 0) is 9.53 Å². The van der Waals surface area contributed by atoms with Crippen molar-refractivity contribution in [3.8, 4) is 6.07 Å². The molecule has 1 aromatic carbocycles. The summed E-state index contributed by atoms with van der Waals surface area (Å²) in [6.07, 6.45) is 0. The van der Waals surface area contributed by atoms with Crippen molar-refractivity contribution < 1.29 is 9.53 Å². The third-order valence-corrected chi connectivity index (χ3v) is 2.16. The van der Waals surface area contributed by atoms with Crippen LogP contribution in [0.1, 0.15) is 30.9 Å². The summed E-state index contributed by atoms with van der Waals surface area (Å²) in [6, 6.07) is 9.05. The average molecular weight is 203 g/mol. The normalized spacial score (nSPS) is 11.5. The van der Waals surface area contributed by atoms with Crippen LogP contribution >= 0.6 is 0 Å². The predicted octanol–water partition coefficient (Wildman–Crippen LogP) is 2.22. The summed E-state index contributed by atoms with van der Waals surface area (Å²) in [4.78, 5) is 11.4. The van der Waals surface area contributed by atoms with Gasteiger partial charge in [0, 0.05) is 0 Å². The number of nitriles is 1. The molecule has 0 radical (unpaired) electrons. The van der Waals surface area contributed by atoms with E-state index in [0.717, 1.165) is 5.56 Å². The second-order valence-electron chi connectivity index (χ2n) is 3.21. The fourth-order valence-corrected chi connectivity index (χ4v) is 1.28. The van der Waals surface area contributed by atoms with Crippen LogP contribution in [0, 0.1) is 11.3 Å². The average Bonchev–Trinajstić information content (AvgIpc) is 2.28. The van der Waals surface area contributed by atoms with E-state index in [9.17, 15) is 4.79 Å². The van der Waals surface area contributed by atoms with E-state index in [1.165, 1.54) is 0 Å². The number of esters is 1. The maximum absolute atomic E-state index is 11.4. The minimum atomic E-state index is -0.321. The highest BCUT2D eigenvalue weighted by atomic mass is 16.5. The second-order valence-corrected chi connectivity index (χ2v) is 3.21. The summed E-state index contributed by atoms with van der Waals surface area (Å²) in [7, 11) is 0. The lowest BCUT2D eigenvalue weighted by Gasteiger charge is -2.10. The second kappa shape index (κ2) is 5.16. The Morgan fingerprint density at radius 3 is 2.93 bits per heavy atom. The molecule has 15 heavy (non-hydrogen) atoms. The van der Waals surface area contributed by atoms with E-state index in [1.807, 2.05) is 12.1 Å². The molecule has 0 aliphatic heterocycles. The summed E-state index contributed by atoms with van der Waals surface area (Å²) < 4.78 is 4.91. The fourth-order valence-electron chi connectivity index (χ4n) is 1.28. The Morgan fingerprint density at radius 1 is 1.60 bits per heavy atom. The van der Waals surface area contributed by atoms with Gasteiger partial charge in [0.2, 0.25) is 0 Å². The molecule has 0 unspecified atom stereocenters. The van der Waals surface area contributed by atoms with Gasteiger partial charge in [-0.1, -0.05) is 12.1 Å². The molecule has 3 nitrogen and oxygen atoms in total. The van der Waals surface area contributed by atoms with E-state index in [4.69, 9.17) is 10.00 Å². The van der Waals surface area contributed by atoms with Gasteiger partial charge >= 0.3 is 5.97 Å². The summed E-state index contributed by atoms with van der Waals surface area (Å²) in [5.41, 5.74) is 1.37. The molecule has 0 saturated heterocycles. The molecule has 0 saturated carbocycles. The number of hydrogen-bond donors (Lipinski definition) is 0. The molecule has 0 heterocycles. The number of ether oxygens (including phenoxy) is 1. The molecule has 0 amide bonds. The minimum Gasteiger partial charge on any atom is -0.466 e. The molecular formula is C12H13NO2. The van der Waals surface area contributed by atoms with E-state index >= 15 is 0 Å². The summed E-state index contributed by atoms with van der Waals surface area (Å²) in [6.45, 7) is 3.92. The number of nitrogens with zero attached hydrogens (tertiary/aromatic N) is 1. The summed E-state index contributed by atoms with van der Waals surface area (Å²) in [5, 5.41) is 8.72. The van der Waals surface area contributed by atoms with Crippen LogP contribution < -0.4 is 0 Å². The number of hydrogen-bond acceptors (Lipinski definition) is 3. The number of benzene rings is 1. The first kappa shape index (κ1) is 11.3. The van der Waals surface area contributed by atoms with Crippen molar-refractivity contribution in [2.75, 3.05) is 6.61 Å². The van der Waals surface area contributed by atoms with Crippen LogP contribution in [0.3, 0.4) is 0 Å². The van der Waals surface area contributed by atoms with Crippen molar-refractivity contribution >= 4 is 5.97 Å². The quantitative estimate of drug-likeness (QED) is 0.708. The Morgan fingerprint density at radius 2 is 2.33 bits per heavy atom. The first-order valence-corrected chi connectivity index (χ1v) is 4.85. The SMILES string of the molecule is CCOC(=O)[C@@H](C)c1cccc(C#N)c1. The van der Waals surface area contributed by atoms with E-state index in [0.29, 0.717) is 12.2 Å². The molecule has 0 N–H and O–H groups in total. The Bertz CT molecular complexity index is 393. The lowest BCUT2D eigenvalue weighted by atomic mass is 9.99. The highest BCUT2D eigenvalue weighted by molar-refractivity contribution is 5.77. The molecule has 0 bridgehead atoms. The zero-order chi connectivity index (χ0) is 11.3. The largest absolute Gasteiger partial charge is 0.466 e. The molecule has 1 atom stereocenters. The van der Waals surface area contributed by atoms with Crippen LogP contribution in [0.4, 0.5) is 0 Å². The fraction of sp³-hybridized carbons (Fsp3) is 0.333. The maximum atomic E-state index is 11.4. The summed E-state index contributed by atoms with van der Waals surface area (Å²) >= 11 is 0. The van der Waals surface area contributed by atoms with Gasteiger partial charge in [0.1, 0.15) is 0 Å². The first-order chi connectivity index (χ1) is 7.19. The van der Waals surface area contributed by atoms with Gasteiger partial charge in [-0.2, -0.15) is 5.26 Å². The van der Waals surface area contributed by atoms with Crippen molar-refractivity contribution in [1.29, 1.82) is 5.26 Å². The molecule has 78 valence electrons. The molecule has 3 heteroatoms. The smallest absolute Gasteiger partial charge is 0.313 e. The number of carbonyl (C=O) groups excluding carboxylic acids is 1. The van der Waals surface area contributed by atoms with Crippen LogP contribution in [0.25, 0.3) is 0 Å². The van der Waals surface area contributed by atoms with Crippen molar-refractivity contribution in [1.82, 2.24) is 0 Å². The van der Waals surface area contributed by atoms with Crippen molar-refractivity contribution in [3.05, 3.63) is 35.4 Å². The highest BCUT2D eigenvalue weighted by Crippen LogP contribution is 2.17. The van der Waals surface area contributed by atoms with E-state index < -0.39 is 0 Å². The summed E-state index contributed by atoms with van der Waals surface area (Å²) in [5.74, 6) is -0.578. The third kappa shape index (κ3) is 2.81. The van der Waals surface area contributed by atoms with Crippen LogP contribution in [0.5, 0.6) is 0 Å². The van der Waals surface area contributed by atoms with Crippen LogP contribution in [0.15, 0.2) is 24.3 Å². The Balaban J connectivity index is 2.87. The highest BCUT2D eigenvalue weighted by Gasteiger charge is 2.16. The van der Waals surface area contributed by atoms with Crippen LogP contribution in [0.2, 0.25) is 0 Å². The Kier molecular flexibility index (Phi) is 3.87. The number of rotatable bonds is 3. The monoisotopic (exact) mass is 203 g/mol. The van der Waals surface area contributed by atoms with Gasteiger partial charge < -0.3 is 4.74 Å². The molecule has 0 aliphatic rings. The van der Waals surface area contributed by atoms with Gasteiger partial charge in [-0.15, -0.1) is 0 Å². The molecule has 1 rings (SSSR count). The number of carbonyl (C=O) groups is 1. The Hall–Kier alpha value is -1.82. The minimum absolute atomic E-state index is 0.257. The molecule has 1 aromatic rings. The van der Waals surface area contributed by atoms with E-state index in [1.54, 1.807) is 32.0 Å². The van der Waals surface area contributed by atoms with Crippen molar-refractivity contribution in [3.63, 3.8) is 0 Å². The molecule has 0 fully saturated rings. The third-order valence-electron chi connectivity index (χ3n) is 2.16. The zero-order valence-electron chi connectivity index (χ0n) is 8.86. The van der Waals surface area contributed by atoms with Gasteiger partial charge in [-0.3, -0.25) is 4.79 Å². The lowest BCUT2D eigenvalue weighted by Crippen LogP contribution is -2.12. The topological polar surface area (TPSA) is 50.1 Å². The van der Waals surface area contributed by atoms with Crippen LogP contribution in [-0.4, -0.2) is 12.6 Å². The molecule has 0 aliphatic carbocycles.